The summed E-state index contributed by atoms with van der Waals surface area (Å²) in [6, 6.07) is 3.88. The molecule has 0 bridgehead atoms. The SMILES string of the molecule is CCCC(c1ccc[n+]([O-])c1)C(C)C. The summed E-state index contributed by atoms with van der Waals surface area (Å²) in [5.74, 6) is 1.11. The molecule has 1 heterocycles. The van der Waals surface area contributed by atoms with E-state index in [0.717, 1.165) is 17.6 Å². The highest BCUT2D eigenvalue weighted by molar-refractivity contribution is 5.12. The van der Waals surface area contributed by atoms with Crippen LogP contribution in [0.2, 0.25) is 0 Å². The Balaban J connectivity index is 2.87. The van der Waals surface area contributed by atoms with Gasteiger partial charge in [-0.25, -0.2) is 0 Å². The maximum atomic E-state index is 11.1. The first-order valence-corrected chi connectivity index (χ1v) is 5.34. The zero-order valence-electron chi connectivity index (χ0n) is 9.23. The van der Waals surface area contributed by atoms with Crippen molar-refractivity contribution >= 4 is 0 Å². The van der Waals surface area contributed by atoms with Crippen molar-refractivity contribution < 1.29 is 4.73 Å². The molecule has 0 aromatic carbocycles. The monoisotopic (exact) mass is 193 g/mol. The van der Waals surface area contributed by atoms with Crippen LogP contribution in [0.25, 0.3) is 0 Å². The molecular formula is C12H19NO. The Hall–Kier alpha value is -1.05. The zero-order chi connectivity index (χ0) is 10.6. The zero-order valence-corrected chi connectivity index (χ0v) is 9.23. The van der Waals surface area contributed by atoms with Gasteiger partial charge < -0.3 is 5.21 Å². The molecule has 0 fully saturated rings. The molecule has 1 unspecified atom stereocenters. The van der Waals surface area contributed by atoms with E-state index in [-0.39, 0.29) is 0 Å². The largest absolute Gasteiger partial charge is 0.619 e. The average molecular weight is 193 g/mol. The molecule has 78 valence electrons. The standard InChI is InChI=1S/C12H19NO/c1-4-6-12(10(2)3)11-7-5-8-13(14)9-11/h5,7-10,12H,4,6H2,1-3H3. The van der Waals surface area contributed by atoms with Crippen LogP contribution in [0.4, 0.5) is 0 Å². The Morgan fingerprint density at radius 3 is 2.64 bits per heavy atom. The van der Waals surface area contributed by atoms with Gasteiger partial charge in [0.2, 0.25) is 0 Å². The van der Waals surface area contributed by atoms with Gasteiger partial charge in [0.05, 0.1) is 0 Å². The van der Waals surface area contributed by atoms with Crippen LogP contribution in [0.5, 0.6) is 0 Å². The van der Waals surface area contributed by atoms with Crippen LogP contribution in [0.3, 0.4) is 0 Å². The number of hydrogen-bond acceptors (Lipinski definition) is 1. The Labute approximate surface area is 86.2 Å². The van der Waals surface area contributed by atoms with Gasteiger partial charge in [-0.3, -0.25) is 0 Å². The first kappa shape index (κ1) is 11.0. The van der Waals surface area contributed by atoms with Crippen molar-refractivity contribution in [2.75, 3.05) is 0 Å². The summed E-state index contributed by atoms with van der Waals surface area (Å²) in [5, 5.41) is 11.1. The summed E-state index contributed by atoms with van der Waals surface area (Å²) >= 11 is 0. The fourth-order valence-electron chi connectivity index (χ4n) is 1.89. The lowest BCUT2D eigenvalue weighted by molar-refractivity contribution is -0.606. The molecule has 2 heteroatoms. The van der Waals surface area contributed by atoms with E-state index in [4.69, 9.17) is 0 Å². The number of rotatable bonds is 4. The maximum Gasteiger partial charge on any atom is 0.183 e. The molecule has 14 heavy (non-hydrogen) atoms. The van der Waals surface area contributed by atoms with E-state index in [0.29, 0.717) is 11.8 Å². The topological polar surface area (TPSA) is 26.9 Å². The van der Waals surface area contributed by atoms with E-state index in [9.17, 15) is 5.21 Å². The molecule has 0 amide bonds. The molecule has 0 aliphatic rings. The Morgan fingerprint density at radius 2 is 2.14 bits per heavy atom. The Bertz CT molecular complexity index is 283. The molecule has 0 saturated carbocycles. The van der Waals surface area contributed by atoms with Gasteiger partial charge in [-0.15, -0.1) is 0 Å². The molecule has 2 nitrogen and oxygen atoms in total. The van der Waals surface area contributed by atoms with E-state index < -0.39 is 0 Å². The van der Waals surface area contributed by atoms with Crippen LogP contribution in [-0.2, 0) is 0 Å². The molecule has 1 aromatic rings. The van der Waals surface area contributed by atoms with E-state index in [1.807, 2.05) is 6.07 Å². The van der Waals surface area contributed by atoms with Gasteiger partial charge in [0.15, 0.2) is 12.4 Å². The van der Waals surface area contributed by atoms with Gasteiger partial charge in [-0.05, 0) is 24.3 Å². The first-order chi connectivity index (χ1) is 6.65. The number of aromatic nitrogens is 1. The lowest BCUT2D eigenvalue weighted by atomic mass is 9.86. The second-order valence-electron chi connectivity index (χ2n) is 4.14. The molecule has 0 spiro atoms. The lowest BCUT2D eigenvalue weighted by Crippen LogP contribution is -2.26. The average Bonchev–Trinajstić information content (AvgIpc) is 2.13. The quantitative estimate of drug-likeness (QED) is 0.533. The second kappa shape index (κ2) is 4.99. The molecule has 0 N–H and O–H groups in total. The summed E-state index contributed by atoms with van der Waals surface area (Å²) in [5.41, 5.74) is 1.17. The third-order valence-electron chi connectivity index (χ3n) is 2.63. The highest BCUT2D eigenvalue weighted by atomic mass is 16.5. The van der Waals surface area contributed by atoms with Gasteiger partial charge in [0, 0.05) is 11.6 Å². The first-order valence-electron chi connectivity index (χ1n) is 5.34. The summed E-state index contributed by atoms with van der Waals surface area (Å²) in [4.78, 5) is 0. The van der Waals surface area contributed by atoms with Gasteiger partial charge >= 0.3 is 0 Å². The number of hydrogen-bond donors (Lipinski definition) is 0. The van der Waals surface area contributed by atoms with Crippen molar-refractivity contribution in [2.24, 2.45) is 5.92 Å². The van der Waals surface area contributed by atoms with Gasteiger partial charge in [-0.2, -0.15) is 4.73 Å². The van der Waals surface area contributed by atoms with Crippen LogP contribution in [0.1, 0.15) is 45.1 Å². The Kier molecular flexibility index (Phi) is 3.93. The summed E-state index contributed by atoms with van der Waals surface area (Å²) in [6.07, 6.45) is 5.55. The molecule has 0 aliphatic heterocycles. The minimum Gasteiger partial charge on any atom is -0.619 e. The van der Waals surface area contributed by atoms with Crippen LogP contribution in [0.15, 0.2) is 24.5 Å². The van der Waals surface area contributed by atoms with Crippen LogP contribution in [0, 0.1) is 11.1 Å². The summed E-state index contributed by atoms with van der Waals surface area (Å²) in [7, 11) is 0. The predicted octanol–water partition coefficient (Wildman–Crippen LogP) is 2.86. The minimum atomic E-state index is 0.515. The molecular weight excluding hydrogens is 174 g/mol. The maximum absolute atomic E-state index is 11.1. The third kappa shape index (κ3) is 2.72. The molecule has 1 rings (SSSR count). The van der Waals surface area contributed by atoms with Gasteiger partial charge in [-0.1, -0.05) is 27.2 Å². The van der Waals surface area contributed by atoms with Crippen molar-refractivity contribution in [3.8, 4) is 0 Å². The number of nitrogens with zero attached hydrogens (tertiary/aromatic N) is 1. The molecule has 0 saturated heterocycles. The smallest absolute Gasteiger partial charge is 0.183 e. The molecule has 0 radical (unpaired) electrons. The molecule has 0 aliphatic carbocycles. The normalized spacial score (nSPS) is 13.1. The summed E-state index contributed by atoms with van der Waals surface area (Å²) in [6.45, 7) is 6.61. The van der Waals surface area contributed by atoms with Crippen LogP contribution in [-0.4, -0.2) is 0 Å². The second-order valence-corrected chi connectivity index (χ2v) is 4.14. The van der Waals surface area contributed by atoms with Crippen molar-refractivity contribution in [3.63, 3.8) is 0 Å². The fraction of sp³-hybridized carbons (Fsp3) is 0.583. The van der Waals surface area contributed by atoms with E-state index >= 15 is 0 Å². The predicted molar refractivity (Wildman–Crippen MR) is 57.9 cm³/mol. The minimum absolute atomic E-state index is 0.515. The fourth-order valence-corrected chi connectivity index (χ4v) is 1.89. The van der Waals surface area contributed by atoms with Crippen LogP contribution >= 0.6 is 0 Å². The van der Waals surface area contributed by atoms with Crippen molar-refractivity contribution in [3.05, 3.63) is 35.3 Å². The number of pyridine rings is 1. The van der Waals surface area contributed by atoms with E-state index in [2.05, 4.69) is 26.8 Å². The Morgan fingerprint density at radius 1 is 1.43 bits per heavy atom. The van der Waals surface area contributed by atoms with Gasteiger partial charge in [0.25, 0.3) is 0 Å². The lowest BCUT2D eigenvalue weighted by Gasteiger charge is -2.19. The summed E-state index contributed by atoms with van der Waals surface area (Å²) < 4.78 is 0.889. The van der Waals surface area contributed by atoms with Crippen molar-refractivity contribution in [2.45, 2.75) is 39.5 Å². The highest BCUT2D eigenvalue weighted by Gasteiger charge is 2.16. The highest BCUT2D eigenvalue weighted by Crippen LogP contribution is 2.27. The van der Waals surface area contributed by atoms with E-state index in [1.165, 1.54) is 11.8 Å². The van der Waals surface area contributed by atoms with E-state index in [1.54, 1.807) is 6.20 Å². The van der Waals surface area contributed by atoms with Crippen molar-refractivity contribution in [1.82, 2.24) is 0 Å². The third-order valence-corrected chi connectivity index (χ3v) is 2.63. The van der Waals surface area contributed by atoms with Gasteiger partial charge in [0.1, 0.15) is 0 Å². The van der Waals surface area contributed by atoms with Crippen molar-refractivity contribution in [1.29, 1.82) is 0 Å². The molecule has 1 aromatic heterocycles. The molecule has 1 atom stereocenters. The van der Waals surface area contributed by atoms with Crippen LogP contribution < -0.4 is 4.73 Å².